The first-order valence-corrected chi connectivity index (χ1v) is 6.87. The van der Waals surface area contributed by atoms with Gasteiger partial charge in [0.25, 0.3) is 0 Å². The molecule has 2 unspecified atom stereocenters. The fraction of sp³-hybridized carbons (Fsp3) is 0.929. The van der Waals surface area contributed by atoms with Gasteiger partial charge in [-0.2, -0.15) is 0 Å². The van der Waals surface area contributed by atoms with E-state index in [4.69, 9.17) is 4.74 Å². The lowest BCUT2D eigenvalue weighted by Gasteiger charge is -2.45. The lowest BCUT2D eigenvalue weighted by atomic mass is 9.72. The van der Waals surface area contributed by atoms with Gasteiger partial charge in [0, 0.05) is 5.54 Å². The zero-order valence-electron chi connectivity index (χ0n) is 11.8. The van der Waals surface area contributed by atoms with Crippen LogP contribution >= 0.6 is 0 Å². The number of carbonyl (C=O) groups is 1. The molecule has 1 rings (SSSR count). The first-order valence-electron chi connectivity index (χ1n) is 6.87. The average molecular weight is 241 g/mol. The molecule has 0 aromatic heterocycles. The Morgan fingerprint density at radius 2 is 2.12 bits per heavy atom. The van der Waals surface area contributed by atoms with Crippen LogP contribution in [0.4, 0.5) is 0 Å². The van der Waals surface area contributed by atoms with Crippen LogP contribution in [0.3, 0.4) is 0 Å². The van der Waals surface area contributed by atoms with Crippen LogP contribution in [-0.2, 0) is 9.53 Å². The Hall–Kier alpha value is -0.570. The third-order valence-electron chi connectivity index (χ3n) is 4.23. The molecule has 0 radical (unpaired) electrons. The van der Waals surface area contributed by atoms with Gasteiger partial charge in [0.05, 0.1) is 13.0 Å². The zero-order valence-corrected chi connectivity index (χ0v) is 11.8. The van der Waals surface area contributed by atoms with E-state index in [0.717, 1.165) is 18.8 Å². The summed E-state index contributed by atoms with van der Waals surface area (Å²) in [4.78, 5) is 14.0. The van der Waals surface area contributed by atoms with E-state index in [2.05, 4.69) is 25.9 Å². The Labute approximate surface area is 106 Å². The summed E-state index contributed by atoms with van der Waals surface area (Å²) in [5.74, 6) is 0.721. The highest BCUT2D eigenvalue weighted by atomic mass is 16.5. The molecule has 1 saturated carbocycles. The summed E-state index contributed by atoms with van der Waals surface area (Å²) >= 11 is 0. The van der Waals surface area contributed by atoms with Crippen molar-refractivity contribution >= 4 is 5.97 Å². The molecule has 0 heterocycles. The second-order valence-corrected chi connectivity index (χ2v) is 5.47. The van der Waals surface area contributed by atoms with Crippen molar-refractivity contribution in [2.75, 3.05) is 20.7 Å². The molecule has 0 aromatic rings. The van der Waals surface area contributed by atoms with E-state index in [1.807, 2.05) is 6.92 Å². The Balaban J connectivity index is 2.71. The number of hydrogen-bond donors (Lipinski definition) is 0. The van der Waals surface area contributed by atoms with Crippen molar-refractivity contribution in [2.45, 2.75) is 57.9 Å². The maximum Gasteiger partial charge on any atom is 0.307 e. The van der Waals surface area contributed by atoms with E-state index in [-0.39, 0.29) is 11.5 Å². The number of hydrogen-bond acceptors (Lipinski definition) is 3. The standard InChI is InChI=1S/C14H27NO2/c1-5-12-8-7-9-14(10-12,15(3)4)11-13(16)17-6-2/h12H,5-11H2,1-4H3. The maximum absolute atomic E-state index is 11.8. The molecule has 3 heteroatoms. The van der Waals surface area contributed by atoms with Crippen molar-refractivity contribution in [1.82, 2.24) is 4.90 Å². The molecular formula is C14H27NO2. The lowest BCUT2D eigenvalue weighted by molar-refractivity contribution is -0.147. The van der Waals surface area contributed by atoms with Gasteiger partial charge in [0.1, 0.15) is 0 Å². The molecule has 0 bridgehead atoms. The van der Waals surface area contributed by atoms with E-state index >= 15 is 0 Å². The molecule has 0 N–H and O–H groups in total. The molecule has 1 aliphatic rings. The summed E-state index contributed by atoms with van der Waals surface area (Å²) in [6.07, 6.45) is 6.57. The van der Waals surface area contributed by atoms with Crippen LogP contribution in [0.15, 0.2) is 0 Å². The molecule has 0 amide bonds. The molecule has 0 aromatic carbocycles. The van der Waals surface area contributed by atoms with Crippen molar-refractivity contribution < 1.29 is 9.53 Å². The summed E-state index contributed by atoms with van der Waals surface area (Å²) in [5.41, 5.74) is 0.0329. The molecule has 0 saturated heterocycles. The summed E-state index contributed by atoms with van der Waals surface area (Å²) in [5, 5.41) is 0. The molecule has 1 fully saturated rings. The second kappa shape index (κ2) is 6.39. The van der Waals surface area contributed by atoms with Crippen molar-refractivity contribution in [3.8, 4) is 0 Å². The molecule has 0 aliphatic heterocycles. The molecule has 17 heavy (non-hydrogen) atoms. The van der Waals surface area contributed by atoms with Crippen LogP contribution in [0.5, 0.6) is 0 Å². The van der Waals surface area contributed by atoms with Gasteiger partial charge in [-0.15, -0.1) is 0 Å². The largest absolute Gasteiger partial charge is 0.466 e. The van der Waals surface area contributed by atoms with Gasteiger partial charge in [-0.3, -0.25) is 4.79 Å². The van der Waals surface area contributed by atoms with Gasteiger partial charge in [-0.25, -0.2) is 0 Å². The van der Waals surface area contributed by atoms with Crippen LogP contribution in [0.25, 0.3) is 0 Å². The minimum atomic E-state index is -0.0436. The molecule has 3 nitrogen and oxygen atoms in total. The predicted octanol–water partition coefficient (Wildman–Crippen LogP) is 2.84. The average Bonchev–Trinajstić information content (AvgIpc) is 2.29. The normalized spacial score (nSPS) is 29.4. The number of carbonyl (C=O) groups excluding carboxylic acids is 1. The number of rotatable bonds is 5. The highest BCUT2D eigenvalue weighted by Crippen LogP contribution is 2.39. The molecule has 100 valence electrons. The van der Waals surface area contributed by atoms with Gasteiger partial charge < -0.3 is 9.64 Å². The summed E-state index contributed by atoms with van der Waals surface area (Å²) in [7, 11) is 4.19. The Bertz CT molecular complexity index is 253. The highest BCUT2D eigenvalue weighted by molar-refractivity contribution is 5.71. The highest BCUT2D eigenvalue weighted by Gasteiger charge is 2.39. The quantitative estimate of drug-likeness (QED) is 0.693. The van der Waals surface area contributed by atoms with Gasteiger partial charge in [-0.1, -0.05) is 26.2 Å². The zero-order chi connectivity index (χ0) is 12.9. The van der Waals surface area contributed by atoms with Gasteiger partial charge in [0.2, 0.25) is 0 Å². The SMILES string of the molecule is CCOC(=O)CC1(N(C)C)CCCC(CC)C1. The van der Waals surface area contributed by atoms with E-state index in [9.17, 15) is 4.79 Å². The topological polar surface area (TPSA) is 29.5 Å². The van der Waals surface area contributed by atoms with Crippen molar-refractivity contribution in [1.29, 1.82) is 0 Å². The van der Waals surface area contributed by atoms with Gasteiger partial charge in [-0.05, 0) is 39.8 Å². The van der Waals surface area contributed by atoms with E-state index < -0.39 is 0 Å². The number of ether oxygens (including phenoxy) is 1. The molecular weight excluding hydrogens is 214 g/mol. The number of esters is 1. The van der Waals surface area contributed by atoms with Crippen LogP contribution in [0.1, 0.15) is 52.4 Å². The lowest BCUT2D eigenvalue weighted by Crippen LogP contribution is -2.49. The van der Waals surface area contributed by atoms with Gasteiger partial charge in [0.15, 0.2) is 0 Å². The molecule has 0 spiro atoms. The van der Waals surface area contributed by atoms with Crippen LogP contribution in [-0.4, -0.2) is 37.1 Å². The molecule has 2 atom stereocenters. The first-order chi connectivity index (χ1) is 8.04. The minimum Gasteiger partial charge on any atom is -0.466 e. The maximum atomic E-state index is 11.8. The Morgan fingerprint density at radius 1 is 1.41 bits per heavy atom. The fourth-order valence-corrected chi connectivity index (χ4v) is 3.02. The smallest absolute Gasteiger partial charge is 0.307 e. The third kappa shape index (κ3) is 3.70. The van der Waals surface area contributed by atoms with Crippen molar-refractivity contribution in [3.05, 3.63) is 0 Å². The first kappa shape index (κ1) is 14.5. The van der Waals surface area contributed by atoms with Crippen LogP contribution in [0.2, 0.25) is 0 Å². The van der Waals surface area contributed by atoms with E-state index in [1.54, 1.807) is 0 Å². The van der Waals surface area contributed by atoms with Crippen molar-refractivity contribution in [2.24, 2.45) is 5.92 Å². The van der Waals surface area contributed by atoms with E-state index in [1.165, 1.54) is 19.3 Å². The van der Waals surface area contributed by atoms with Crippen LogP contribution < -0.4 is 0 Å². The Kier molecular flexibility index (Phi) is 5.44. The minimum absolute atomic E-state index is 0.0329. The monoisotopic (exact) mass is 241 g/mol. The second-order valence-electron chi connectivity index (χ2n) is 5.47. The molecule has 1 aliphatic carbocycles. The third-order valence-corrected chi connectivity index (χ3v) is 4.23. The summed E-state index contributed by atoms with van der Waals surface area (Å²) < 4.78 is 5.12. The predicted molar refractivity (Wildman–Crippen MR) is 69.9 cm³/mol. The van der Waals surface area contributed by atoms with Crippen molar-refractivity contribution in [3.63, 3.8) is 0 Å². The number of nitrogens with zero attached hydrogens (tertiary/aromatic N) is 1. The Morgan fingerprint density at radius 3 is 2.65 bits per heavy atom. The summed E-state index contributed by atoms with van der Waals surface area (Å²) in [6, 6.07) is 0. The summed E-state index contributed by atoms with van der Waals surface area (Å²) in [6.45, 7) is 4.61. The van der Waals surface area contributed by atoms with Gasteiger partial charge >= 0.3 is 5.97 Å². The van der Waals surface area contributed by atoms with Crippen LogP contribution in [0, 0.1) is 5.92 Å². The fourth-order valence-electron chi connectivity index (χ4n) is 3.02. The van der Waals surface area contributed by atoms with E-state index in [0.29, 0.717) is 13.0 Å².